The molecule has 1 N–H and O–H groups in total. The lowest BCUT2D eigenvalue weighted by atomic mass is 10.1. The maximum absolute atomic E-state index is 13.1. The van der Waals surface area contributed by atoms with Crippen LogP contribution in [0.2, 0.25) is 0 Å². The minimum absolute atomic E-state index is 0.129. The molecule has 0 saturated heterocycles. The highest BCUT2D eigenvalue weighted by atomic mass is 19.1. The predicted octanol–water partition coefficient (Wildman–Crippen LogP) is 2.90. The quantitative estimate of drug-likeness (QED) is 0.901. The monoisotopic (exact) mass is 265 g/mol. The average Bonchev–Trinajstić information content (AvgIpc) is 2.80. The molecular weight excluding hydrogens is 248 g/mol. The summed E-state index contributed by atoms with van der Waals surface area (Å²) in [6, 6.07) is 5.45. The van der Waals surface area contributed by atoms with E-state index in [9.17, 15) is 8.78 Å². The van der Waals surface area contributed by atoms with E-state index >= 15 is 0 Å². The third kappa shape index (κ3) is 3.86. The van der Waals surface area contributed by atoms with Crippen molar-refractivity contribution in [3.8, 4) is 0 Å². The maximum atomic E-state index is 13.1. The number of benzene rings is 1. The van der Waals surface area contributed by atoms with Crippen molar-refractivity contribution in [1.29, 1.82) is 0 Å². The molecule has 1 heterocycles. The van der Waals surface area contributed by atoms with Gasteiger partial charge in [0.25, 0.3) is 0 Å². The highest BCUT2D eigenvalue weighted by Crippen LogP contribution is 2.16. The van der Waals surface area contributed by atoms with Gasteiger partial charge in [-0.3, -0.25) is 4.68 Å². The first-order valence-electron chi connectivity index (χ1n) is 6.24. The molecule has 3 nitrogen and oxygen atoms in total. The summed E-state index contributed by atoms with van der Waals surface area (Å²) in [6.45, 7) is 4.59. The van der Waals surface area contributed by atoms with E-state index < -0.39 is 11.6 Å². The molecule has 2 rings (SSSR count). The number of nitrogens with one attached hydrogen (secondary N) is 1. The van der Waals surface area contributed by atoms with Crippen LogP contribution in [-0.2, 0) is 6.54 Å². The third-order valence-corrected chi connectivity index (χ3v) is 2.94. The van der Waals surface area contributed by atoms with Gasteiger partial charge < -0.3 is 5.32 Å². The molecule has 0 saturated carbocycles. The van der Waals surface area contributed by atoms with Gasteiger partial charge in [-0.25, -0.2) is 8.78 Å². The largest absolute Gasteiger partial charge is 0.306 e. The molecule has 2 aromatic rings. The van der Waals surface area contributed by atoms with Crippen LogP contribution in [0.5, 0.6) is 0 Å². The fourth-order valence-electron chi connectivity index (χ4n) is 2.09. The second-order valence-electron chi connectivity index (χ2n) is 4.72. The third-order valence-electron chi connectivity index (χ3n) is 2.94. The molecule has 2 unspecified atom stereocenters. The Morgan fingerprint density at radius 1 is 1.21 bits per heavy atom. The molecule has 0 fully saturated rings. The first kappa shape index (κ1) is 13.7. The summed E-state index contributed by atoms with van der Waals surface area (Å²) in [7, 11) is 0. The maximum Gasteiger partial charge on any atom is 0.126 e. The van der Waals surface area contributed by atoms with Crippen molar-refractivity contribution in [2.45, 2.75) is 32.5 Å². The van der Waals surface area contributed by atoms with Crippen molar-refractivity contribution in [3.63, 3.8) is 0 Å². The second kappa shape index (κ2) is 5.93. The molecule has 0 radical (unpaired) electrons. The van der Waals surface area contributed by atoms with E-state index in [1.165, 1.54) is 12.1 Å². The van der Waals surface area contributed by atoms with Gasteiger partial charge in [-0.2, -0.15) is 5.10 Å². The standard InChI is InChI=1S/C14H17F2N3/c1-10(9-19-5-3-4-17-19)18-11(2)12-6-13(15)8-14(16)7-12/h3-8,10-11,18H,9H2,1-2H3. The Kier molecular flexibility index (Phi) is 4.27. The molecule has 2 atom stereocenters. The molecule has 0 aliphatic rings. The van der Waals surface area contributed by atoms with Crippen LogP contribution in [0, 0.1) is 11.6 Å². The van der Waals surface area contributed by atoms with Crippen LogP contribution in [0.3, 0.4) is 0 Å². The molecule has 19 heavy (non-hydrogen) atoms. The summed E-state index contributed by atoms with van der Waals surface area (Å²) < 4.78 is 28.1. The molecule has 102 valence electrons. The summed E-state index contributed by atoms with van der Waals surface area (Å²) in [5, 5.41) is 7.42. The number of aromatic nitrogens is 2. The van der Waals surface area contributed by atoms with Crippen molar-refractivity contribution in [3.05, 3.63) is 53.9 Å². The van der Waals surface area contributed by atoms with Crippen LogP contribution < -0.4 is 5.32 Å². The van der Waals surface area contributed by atoms with Gasteiger partial charge in [-0.1, -0.05) is 0 Å². The molecule has 0 bridgehead atoms. The van der Waals surface area contributed by atoms with Gasteiger partial charge in [-0.15, -0.1) is 0 Å². The zero-order valence-corrected chi connectivity index (χ0v) is 11.0. The zero-order chi connectivity index (χ0) is 13.8. The molecule has 0 amide bonds. The van der Waals surface area contributed by atoms with Crippen molar-refractivity contribution in [2.75, 3.05) is 0 Å². The summed E-state index contributed by atoms with van der Waals surface area (Å²) in [5.74, 6) is -1.10. The van der Waals surface area contributed by atoms with Crippen LogP contribution in [0.25, 0.3) is 0 Å². The molecule has 0 aliphatic heterocycles. The van der Waals surface area contributed by atoms with Crippen molar-refractivity contribution >= 4 is 0 Å². The first-order valence-corrected chi connectivity index (χ1v) is 6.24. The van der Waals surface area contributed by atoms with Crippen molar-refractivity contribution in [2.24, 2.45) is 0 Å². The molecule has 5 heteroatoms. The lowest BCUT2D eigenvalue weighted by Crippen LogP contribution is -2.32. The SMILES string of the molecule is CC(Cn1cccn1)NC(C)c1cc(F)cc(F)c1. The summed E-state index contributed by atoms with van der Waals surface area (Å²) >= 11 is 0. The summed E-state index contributed by atoms with van der Waals surface area (Å²) in [4.78, 5) is 0. The molecular formula is C14H17F2N3. The Labute approximate surface area is 111 Å². The minimum atomic E-state index is -0.552. The van der Waals surface area contributed by atoms with Crippen molar-refractivity contribution in [1.82, 2.24) is 15.1 Å². The summed E-state index contributed by atoms with van der Waals surface area (Å²) in [6.07, 6.45) is 3.60. The van der Waals surface area contributed by atoms with Gasteiger partial charge in [-0.05, 0) is 37.6 Å². The number of hydrogen-bond acceptors (Lipinski definition) is 2. The van der Waals surface area contributed by atoms with Gasteiger partial charge in [0, 0.05) is 30.5 Å². The fraction of sp³-hybridized carbons (Fsp3) is 0.357. The molecule has 1 aromatic heterocycles. The van der Waals surface area contributed by atoms with E-state index in [1.54, 1.807) is 6.20 Å². The van der Waals surface area contributed by atoms with E-state index in [-0.39, 0.29) is 12.1 Å². The van der Waals surface area contributed by atoms with E-state index in [1.807, 2.05) is 30.8 Å². The van der Waals surface area contributed by atoms with Crippen LogP contribution >= 0.6 is 0 Å². The van der Waals surface area contributed by atoms with Crippen LogP contribution in [0.4, 0.5) is 8.78 Å². The van der Waals surface area contributed by atoms with E-state index in [2.05, 4.69) is 10.4 Å². The Morgan fingerprint density at radius 3 is 2.47 bits per heavy atom. The Morgan fingerprint density at radius 2 is 1.89 bits per heavy atom. The first-order chi connectivity index (χ1) is 9.04. The zero-order valence-electron chi connectivity index (χ0n) is 11.0. The van der Waals surface area contributed by atoms with E-state index in [0.29, 0.717) is 12.1 Å². The number of rotatable bonds is 5. The van der Waals surface area contributed by atoms with Gasteiger partial charge in [0.05, 0.1) is 6.54 Å². The van der Waals surface area contributed by atoms with Gasteiger partial charge >= 0.3 is 0 Å². The summed E-state index contributed by atoms with van der Waals surface area (Å²) in [5.41, 5.74) is 0.602. The van der Waals surface area contributed by atoms with Gasteiger partial charge in [0.15, 0.2) is 0 Å². The smallest absolute Gasteiger partial charge is 0.126 e. The number of halogens is 2. The number of nitrogens with zero attached hydrogens (tertiary/aromatic N) is 2. The molecule has 0 spiro atoms. The van der Waals surface area contributed by atoms with E-state index in [4.69, 9.17) is 0 Å². The highest BCUT2D eigenvalue weighted by Gasteiger charge is 2.12. The average molecular weight is 265 g/mol. The van der Waals surface area contributed by atoms with Crippen LogP contribution in [-0.4, -0.2) is 15.8 Å². The topological polar surface area (TPSA) is 29.9 Å². The van der Waals surface area contributed by atoms with Gasteiger partial charge in [0.1, 0.15) is 11.6 Å². The van der Waals surface area contributed by atoms with Crippen LogP contribution in [0.15, 0.2) is 36.7 Å². The van der Waals surface area contributed by atoms with E-state index in [0.717, 1.165) is 6.07 Å². The molecule has 0 aliphatic carbocycles. The minimum Gasteiger partial charge on any atom is -0.306 e. The Balaban J connectivity index is 1.98. The molecule has 1 aromatic carbocycles. The Bertz CT molecular complexity index is 505. The second-order valence-corrected chi connectivity index (χ2v) is 4.72. The Hall–Kier alpha value is -1.75. The lowest BCUT2D eigenvalue weighted by molar-refractivity contribution is 0.411. The van der Waals surface area contributed by atoms with Crippen molar-refractivity contribution < 1.29 is 8.78 Å². The van der Waals surface area contributed by atoms with Gasteiger partial charge in [0.2, 0.25) is 0 Å². The normalized spacial score (nSPS) is 14.3. The highest BCUT2D eigenvalue weighted by molar-refractivity contribution is 5.21. The fourth-order valence-corrected chi connectivity index (χ4v) is 2.09. The lowest BCUT2D eigenvalue weighted by Gasteiger charge is -2.20. The number of hydrogen-bond donors (Lipinski definition) is 1. The predicted molar refractivity (Wildman–Crippen MR) is 69.6 cm³/mol. The van der Waals surface area contributed by atoms with Crippen LogP contribution in [0.1, 0.15) is 25.5 Å².